The zero-order valence-electron chi connectivity index (χ0n) is 22.6. The van der Waals surface area contributed by atoms with E-state index in [0.29, 0.717) is 0 Å². The molecule has 1 aliphatic heterocycles. The Hall–Kier alpha value is -4.03. The number of ether oxygens (including phenoxy) is 2. The van der Waals surface area contributed by atoms with Crippen LogP contribution >= 0.6 is 0 Å². The first-order valence-corrected chi connectivity index (χ1v) is 14.5. The Kier molecular flexibility index (Phi) is 10.4. The van der Waals surface area contributed by atoms with E-state index in [1.165, 1.54) is 0 Å². The fourth-order valence-corrected chi connectivity index (χ4v) is 4.69. The van der Waals surface area contributed by atoms with Gasteiger partial charge >= 0.3 is 19.0 Å². The van der Waals surface area contributed by atoms with Crippen LogP contribution in [0.3, 0.4) is 0 Å². The average molecular weight is 661 g/mol. The topological polar surface area (TPSA) is 137 Å². The van der Waals surface area contributed by atoms with Crippen molar-refractivity contribution in [3.05, 3.63) is 53.6 Å². The van der Waals surface area contributed by atoms with E-state index in [1.807, 2.05) is 5.32 Å². The first kappa shape index (κ1) is 34.5. The van der Waals surface area contributed by atoms with Gasteiger partial charge in [0.1, 0.15) is 17.3 Å². The highest BCUT2D eigenvalue weighted by Gasteiger charge is 2.60. The Balaban J connectivity index is 2.00. The largest absolute Gasteiger partial charge is 0.492 e. The molecule has 44 heavy (non-hydrogen) atoms. The van der Waals surface area contributed by atoms with Crippen molar-refractivity contribution in [3.8, 4) is 11.5 Å². The summed E-state index contributed by atoms with van der Waals surface area (Å²) in [4.78, 5) is 32.9. The summed E-state index contributed by atoms with van der Waals surface area (Å²) in [5.74, 6) is -3.96. The highest BCUT2D eigenvalue weighted by atomic mass is 32.2. The molecular formula is C25H24F8N4O6S. The second-order valence-corrected chi connectivity index (χ2v) is 11.7. The lowest BCUT2D eigenvalue weighted by atomic mass is 9.79. The molecule has 19 heteroatoms. The number of hydrogen-bond donors (Lipinski definition) is 2. The third-order valence-electron chi connectivity index (χ3n) is 6.06. The first-order valence-electron chi connectivity index (χ1n) is 12.4. The summed E-state index contributed by atoms with van der Waals surface area (Å²) in [6.45, 7) is -4.36. The van der Waals surface area contributed by atoms with Gasteiger partial charge in [0.2, 0.25) is 11.8 Å². The molecule has 0 aliphatic carbocycles. The van der Waals surface area contributed by atoms with Crippen molar-refractivity contribution < 1.29 is 62.6 Å². The van der Waals surface area contributed by atoms with Crippen molar-refractivity contribution >= 4 is 27.2 Å². The van der Waals surface area contributed by atoms with Crippen LogP contribution in [0.1, 0.15) is 30.7 Å². The summed E-state index contributed by atoms with van der Waals surface area (Å²) in [6.07, 6.45) is -9.89. The zero-order valence-corrected chi connectivity index (χ0v) is 23.4. The molecule has 2 aromatic rings. The lowest BCUT2D eigenvalue weighted by molar-refractivity contribution is -0.203. The van der Waals surface area contributed by atoms with Crippen molar-refractivity contribution in [1.82, 2.24) is 20.6 Å². The highest BCUT2D eigenvalue weighted by molar-refractivity contribution is 7.91. The fraction of sp³-hybridized carbons (Fsp3) is 0.440. The summed E-state index contributed by atoms with van der Waals surface area (Å²) in [5, 5.41) is 4.01. The van der Waals surface area contributed by atoms with Gasteiger partial charge in [-0.25, -0.2) is 8.42 Å². The zero-order chi connectivity index (χ0) is 32.9. The molecule has 0 bridgehead atoms. The van der Waals surface area contributed by atoms with Crippen molar-refractivity contribution in [2.75, 3.05) is 25.2 Å². The van der Waals surface area contributed by atoms with Gasteiger partial charge in [0.15, 0.2) is 15.4 Å². The monoisotopic (exact) mass is 660 g/mol. The van der Waals surface area contributed by atoms with Crippen LogP contribution in [0, 0.1) is 0 Å². The van der Waals surface area contributed by atoms with Gasteiger partial charge in [0, 0.05) is 31.2 Å². The maximum absolute atomic E-state index is 14.8. The van der Waals surface area contributed by atoms with E-state index in [-0.39, 0.29) is 17.0 Å². The molecule has 3 heterocycles. The van der Waals surface area contributed by atoms with Gasteiger partial charge in [-0.2, -0.15) is 35.1 Å². The number of carbonyl (C=O) groups excluding carboxylic acids is 2. The van der Waals surface area contributed by atoms with Crippen molar-refractivity contribution in [3.63, 3.8) is 0 Å². The van der Waals surface area contributed by atoms with Crippen LogP contribution in [0.5, 0.6) is 11.5 Å². The van der Waals surface area contributed by atoms with Crippen LogP contribution in [0.2, 0.25) is 0 Å². The van der Waals surface area contributed by atoms with E-state index in [0.717, 1.165) is 42.9 Å². The third-order valence-corrected chi connectivity index (χ3v) is 6.85. The van der Waals surface area contributed by atoms with E-state index in [9.17, 15) is 53.1 Å². The predicted molar refractivity (Wildman–Crippen MR) is 136 cm³/mol. The molecule has 10 nitrogen and oxygen atoms in total. The molecule has 0 aromatic carbocycles. The van der Waals surface area contributed by atoms with Crippen LogP contribution in [0.25, 0.3) is 5.57 Å². The Morgan fingerprint density at radius 3 is 2.25 bits per heavy atom. The number of aromatic nitrogens is 2. The van der Waals surface area contributed by atoms with Crippen LogP contribution in [0.4, 0.5) is 35.1 Å². The molecule has 0 saturated carbocycles. The molecule has 0 radical (unpaired) electrons. The average Bonchev–Trinajstić information content (AvgIpc) is 2.88. The van der Waals surface area contributed by atoms with Gasteiger partial charge in [0.05, 0.1) is 30.4 Å². The Labute approximate surface area is 244 Å². The standard InChI is InChI=1S/C25H24F8N4O6S/c1-44(40,41)13-20(38)36-12-17-16(18-5-3-15(11-34-18)43-22(26)27)9-23(25(31,32)33,37-21(17)39)19-6-4-14(10-35-19)42-8-2-7-24(28,29)30/h3-6,10-11,22H,2,7-9,12-13H2,1H3,(H,36,38)(H,37,39)/t23-/m1/s1. The Morgan fingerprint density at radius 1 is 1.07 bits per heavy atom. The number of alkyl halides is 8. The van der Waals surface area contributed by atoms with Crippen molar-refractivity contribution in [2.45, 2.75) is 43.8 Å². The Morgan fingerprint density at radius 2 is 1.73 bits per heavy atom. The molecule has 0 saturated heterocycles. The summed E-state index contributed by atoms with van der Waals surface area (Å²) in [7, 11) is -3.80. The number of hydrogen-bond acceptors (Lipinski definition) is 8. The van der Waals surface area contributed by atoms with Crippen molar-refractivity contribution in [1.29, 1.82) is 0 Å². The molecule has 242 valence electrons. The number of carbonyl (C=O) groups is 2. The number of pyridine rings is 2. The van der Waals surface area contributed by atoms with Crippen LogP contribution in [-0.4, -0.2) is 74.3 Å². The maximum atomic E-state index is 14.8. The minimum Gasteiger partial charge on any atom is -0.492 e. The molecular weight excluding hydrogens is 636 g/mol. The number of sulfone groups is 1. The minimum absolute atomic E-state index is 0.142. The second kappa shape index (κ2) is 13.3. The van der Waals surface area contributed by atoms with E-state index in [2.05, 4.69) is 20.0 Å². The number of amides is 2. The fourth-order valence-electron chi connectivity index (χ4n) is 4.11. The Bertz CT molecular complexity index is 1480. The van der Waals surface area contributed by atoms with Gasteiger partial charge in [-0.15, -0.1) is 0 Å². The summed E-state index contributed by atoms with van der Waals surface area (Å²) in [5.41, 5.74) is -5.05. The molecule has 0 fully saturated rings. The van der Waals surface area contributed by atoms with Crippen LogP contribution in [0.15, 0.2) is 42.2 Å². The highest BCUT2D eigenvalue weighted by Crippen LogP contribution is 2.47. The third kappa shape index (κ3) is 9.23. The van der Waals surface area contributed by atoms with E-state index in [1.54, 1.807) is 0 Å². The summed E-state index contributed by atoms with van der Waals surface area (Å²) in [6, 6.07) is 3.85. The molecule has 2 aromatic heterocycles. The molecule has 1 aliphatic rings. The molecule has 2 N–H and O–H groups in total. The first-order chi connectivity index (χ1) is 20.3. The van der Waals surface area contributed by atoms with Crippen molar-refractivity contribution in [2.24, 2.45) is 0 Å². The number of rotatable bonds is 12. The second-order valence-electron chi connectivity index (χ2n) is 9.54. The molecule has 0 spiro atoms. The number of halogens is 8. The molecule has 3 rings (SSSR count). The van der Waals surface area contributed by atoms with Gasteiger partial charge < -0.3 is 20.1 Å². The van der Waals surface area contributed by atoms with E-state index in [4.69, 9.17) is 4.74 Å². The lowest BCUT2D eigenvalue weighted by Gasteiger charge is -2.40. The van der Waals surface area contributed by atoms with Crippen LogP contribution in [-0.2, 0) is 25.0 Å². The van der Waals surface area contributed by atoms with Gasteiger partial charge in [-0.3, -0.25) is 19.6 Å². The number of nitrogens with one attached hydrogen (secondary N) is 2. The van der Waals surface area contributed by atoms with Crippen LogP contribution < -0.4 is 20.1 Å². The smallest absolute Gasteiger partial charge is 0.417 e. The van der Waals surface area contributed by atoms with E-state index < -0.39 is 101 Å². The SMILES string of the molecule is CS(=O)(=O)CC(=O)NCC1=C(c2ccc(OC(F)F)cn2)C[C@@](c2ccc(OCCCC(F)(F)F)cn2)(C(F)(F)F)NC1=O. The van der Waals surface area contributed by atoms with Gasteiger partial charge in [-0.1, -0.05) is 0 Å². The lowest BCUT2D eigenvalue weighted by Crippen LogP contribution is -2.59. The quantitative estimate of drug-likeness (QED) is 0.260. The number of nitrogens with zero attached hydrogens (tertiary/aromatic N) is 2. The normalized spacial score (nSPS) is 17.8. The molecule has 1 atom stereocenters. The summed E-state index contributed by atoms with van der Waals surface area (Å²) < 4.78 is 139. The van der Waals surface area contributed by atoms with Gasteiger partial charge in [-0.05, 0) is 36.3 Å². The minimum atomic E-state index is -5.22. The van der Waals surface area contributed by atoms with E-state index >= 15 is 0 Å². The molecule has 2 amide bonds. The van der Waals surface area contributed by atoms with Gasteiger partial charge in [0.25, 0.3) is 0 Å². The predicted octanol–water partition coefficient (Wildman–Crippen LogP) is 3.69. The summed E-state index contributed by atoms with van der Waals surface area (Å²) >= 11 is 0. The molecule has 0 unspecified atom stereocenters. The maximum Gasteiger partial charge on any atom is 0.417 e.